The van der Waals surface area contributed by atoms with E-state index in [1.54, 1.807) is 72.1 Å². The van der Waals surface area contributed by atoms with Gasteiger partial charge in [-0.25, -0.2) is 4.79 Å². The zero-order valence-corrected chi connectivity index (χ0v) is 38.1. The number of nitrogens with one attached hydrogen (secondary N) is 4. The Hall–Kier alpha value is -5.64. The summed E-state index contributed by atoms with van der Waals surface area (Å²) in [6.45, 7) is 18.7. The van der Waals surface area contributed by atoms with Gasteiger partial charge in [-0.2, -0.15) is 0 Å². The van der Waals surface area contributed by atoms with E-state index in [1.807, 2.05) is 39.0 Å². The maximum atomic E-state index is 14.7. The number of esters is 1. The van der Waals surface area contributed by atoms with E-state index in [-0.39, 0.29) is 57.3 Å². The summed E-state index contributed by atoms with van der Waals surface area (Å²) in [6, 6.07) is 10.3. The Bertz CT molecular complexity index is 1870. The lowest BCUT2D eigenvalue weighted by Crippen LogP contribution is -2.62. The normalized spacial score (nSPS) is 16.5. The molecule has 0 radical (unpaired) electrons. The first-order valence-electron chi connectivity index (χ1n) is 21.0. The third-order valence-corrected chi connectivity index (χ3v) is 10.0. The van der Waals surface area contributed by atoms with Gasteiger partial charge in [0.05, 0.1) is 32.3 Å². The fourth-order valence-electron chi connectivity index (χ4n) is 6.95. The summed E-state index contributed by atoms with van der Waals surface area (Å²) in [5.41, 5.74) is -0.432. The van der Waals surface area contributed by atoms with Crippen molar-refractivity contribution >= 4 is 35.7 Å². The third kappa shape index (κ3) is 16.0. The van der Waals surface area contributed by atoms with Crippen molar-refractivity contribution in [1.82, 2.24) is 26.2 Å². The van der Waals surface area contributed by atoms with Crippen LogP contribution in [-0.2, 0) is 57.6 Å². The molecule has 0 saturated carbocycles. The number of alkyl carbamates (subject to hydrolysis) is 1. The van der Waals surface area contributed by atoms with Crippen LogP contribution < -0.4 is 30.7 Å². The number of hydrogen-bond acceptors (Lipinski definition) is 11. The number of rotatable bonds is 21. The first kappa shape index (κ1) is 50.7. The van der Waals surface area contributed by atoms with Crippen molar-refractivity contribution in [2.45, 2.75) is 135 Å². The highest BCUT2D eigenvalue weighted by atomic mass is 16.6. The molecule has 0 unspecified atom stereocenters. The van der Waals surface area contributed by atoms with Crippen LogP contribution in [0.2, 0.25) is 0 Å². The van der Waals surface area contributed by atoms with Gasteiger partial charge in [0, 0.05) is 38.0 Å². The van der Waals surface area contributed by atoms with Crippen molar-refractivity contribution in [3.05, 3.63) is 71.8 Å². The summed E-state index contributed by atoms with van der Waals surface area (Å²) in [7, 11) is 2.82. The highest BCUT2D eigenvalue weighted by Gasteiger charge is 2.47. The number of ether oxygens (including phenoxy) is 5. The molecule has 2 aromatic rings. The lowest BCUT2D eigenvalue weighted by molar-refractivity contribution is -0.147. The van der Waals surface area contributed by atoms with E-state index in [2.05, 4.69) is 32.6 Å². The number of carbonyl (C=O) groups is 6. The predicted molar refractivity (Wildman–Crippen MR) is 233 cm³/mol. The molecule has 16 nitrogen and oxygen atoms in total. The standard InChI is InChI=1S/C46H67N5O11/c1-12-26-60-36-28-32(14-17-33(36)29-48-37(52)20-21-38(53)59-11)22-24-47-42(56)46(9)23-13-25-51(46)41(55)35(27-31-15-18-34(58-10)19-16-31)49-40(54)39(30(2)61-44(3,4)5)50-43(57)62-45(6,7)8/h12,14-19,28,30,35,39H,1,13,20-27,29H2,2-11H3,(H,47,56)(H,48,52)(H,49,54)(H,50,57)/t30-,35-,39-,46-/m0/s1. The van der Waals surface area contributed by atoms with Gasteiger partial charge in [0.1, 0.15) is 41.3 Å². The molecule has 0 spiro atoms. The molecular weight excluding hydrogens is 799 g/mol. The Morgan fingerprint density at radius 1 is 0.903 bits per heavy atom. The van der Waals surface area contributed by atoms with Crippen LogP contribution in [-0.4, -0.2) is 109 Å². The van der Waals surface area contributed by atoms with E-state index in [0.29, 0.717) is 30.8 Å². The van der Waals surface area contributed by atoms with Gasteiger partial charge < -0.3 is 49.9 Å². The highest BCUT2D eigenvalue weighted by Crippen LogP contribution is 2.31. The molecule has 1 saturated heterocycles. The second kappa shape index (κ2) is 23.0. The summed E-state index contributed by atoms with van der Waals surface area (Å²) < 4.78 is 27.4. The molecule has 342 valence electrons. The molecule has 1 aliphatic heterocycles. The van der Waals surface area contributed by atoms with Gasteiger partial charge in [-0.1, -0.05) is 36.9 Å². The summed E-state index contributed by atoms with van der Waals surface area (Å²) in [4.78, 5) is 81.2. The van der Waals surface area contributed by atoms with Crippen LogP contribution in [0.1, 0.15) is 97.8 Å². The molecule has 4 N–H and O–H groups in total. The van der Waals surface area contributed by atoms with Crippen molar-refractivity contribution in [3.8, 4) is 11.5 Å². The molecule has 1 aliphatic rings. The SMILES string of the molecule is C=CCOc1cc(CCNC(=O)[C@]2(C)CCCN2C(=O)[C@H](Cc2ccc(OC)cc2)NC(=O)[C@@H](NC(=O)OC(C)(C)C)[C@H](C)OC(C)(C)C)ccc1CNC(=O)CCC(=O)OC. The molecule has 0 bridgehead atoms. The Kier molecular flexibility index (Phi) is 18.8. The van der Waals surface area contributed by atoms with Crippen LogP contribution in [0, 0.1) is 0 Å². The molecule has 3 rings (SSSR count). The van der Waals surface area contributed by atoms with Crippen LogP contribution in [0.4, 0.5) is 4.79 Å². The number of benzene rings is 2. The van der Waals surface area contributed by atoms with Crippen LogP contribution in [0.5, 0.6) is 11.5 Å². The first-order chi connectivity index (χ1) is 29.1. The zero-order valence-electron chi connectivity index (χ0n) is 38.1. The zero-order chi connectivity index (χ0) is 46.3. The fraction of sp³-hybridized carbons (Fsp3) is 0.565. The van der Waals surface area contributed by atoms with E-state index < -0.39 is 58.8 Å². The van der Waals surface area contributed by atoms with E-state index in [4.69, 9.17) is 18.9 Å². The Morgan fingerprint density at radius 2 is 1.58 bits per heavy atom. The van der Waals surface area contributed by atoms with E-state index >= 15 is 0 Å². The topological polar surface area (TPSA) is 200 Å². The number of methoxy groups -OCH3 is 2. The second-order valence-electron chi connectivity index (χ2n) is 17.4. The molecular formula is C46H67N5O11. The molecule has 1 heterocycles. The van der Waals surface area contributed by atoms with E-state index in [9.17, 15) is 28.8 Å². The minimum Gasteiger partial charge on any atom is -0.497 e. The quantitative estimate of drug-likeness (QED) is 0.100. The molecule has 4 atom stereocenters. The van der Waals surface area contributed by atoms with Gasteiger partial charge in [-0.3, -0.25) is 24.0 Å². The van der Waals surface area contributed by atoms with Crippen molar-refractivity contribution in [2.24, 2.45) is 0 Å². The van der Waals surface area contributed by atoms with E-state index in [0.717, 1.165) is 16.7 Å². The lowest BCUT2D eigenvalue weighted by Gasteiger charge is -2.37. The minimum atomic E-state index is -1.24. The van der Waals surface area contributed by atoms with Crippen molar-refractivity contribution < 1.29 is 52.5 Å². The predicted octanol–water partition coefficient (Wildman–Crippen LogP) is 4.69. The van der Waals surface area contributed by atoms with E-state index in [1.165, 1.54) is 12.0 Å². The third-order valence-electron chi connectivity index (χ3n) is 10.0. The second-order valence-corrected chi connectivity index (χ2v) is 17.4. The smallest absolute Gasteiger partial charge is 0.408 e. The highest BCUT2D eigenvalue weighted by molar-refractivity contribution is 5.96. The first-order valence-corrected chi connectivity index (χ1v) is 21.0. The average molecular weight is 866 g/mol. The number of nitrogens with zero attached hydrogens (tertiary/aromatic N) is 1. The summed E-state index contributed by atoms with van der Waals surface area (Å²) in [5, 5.41) is 11.4. The van der Waals surface area contributed by atoms with Gasteiger partial charge >= 0.3 is 12.1 Å². The molecule has 2 aromatic carbocycles. The van der Waals surface area contributed by atoms with Gasteiger partial charge in [0.15, 0.2) is 0 Å². The largest absolute Gasteiger partial charge is 0.497 e. The van der Waals surface area contributed by atoms with Crippen LogP contribution in [0.25, 0.3) is 0 Å². The number of hydrogen-bond donors (Lipinski definition) is 4. The maximum absolute atomic E-state index is 14.7. The number of amides is 5. The summed E-state index contributed by atoms with van der Waals surface area (Å²) in [6.07, 6.45) is 1.40. The van der Waals surface area contributed by atoms with Gasteiger partial charge in [-0.05, 0) is 104 Å². The minimum absolute atomic E-state index is 0.00657. The summed E-state index contributed by atoms with van der Waals surface area (Å²) in [5.74, 6) is -1.08. The fourth-order valence-corrected chi connectivity index (χ4v) is 6.95. The number of carbonyl (C=O) groups excluding carboxylic acids is 6. The molecule has 5 amide bonds. The van der Waals surface area contributed by atoms with Crippen LogP contribution >= 0.6 is 0 Å². The molecule has 1 fully saturated rings. The summed E-state index contributed by atoms with van der Waals surface area (Å²) >= 11 is 0. The number of likely N-dealkylation sites (tertiary alicyclic amines) is 1. The molecule has 0 aliphatic carbocycles. The van der Waals surface area contributed by atoms with Gasteiger partial charge in [0.2, 0.25) is 23.6 Å². The van der Waals surface area contributed by atoms with Gasteiger partial charge in [-0.15, -0.1) is 0 Å². The Labute approximate surface area is 366 Å². The van der Waals surface area contributed by atoms with Crippen LogP contribution in [0.3, 0.4) is 0 Å². The van der Waals surface area contributed by atoms with Crippen LogP contribution in [0.15, 0.2) is 55.1 Å². The Balaban J connectivity index is 1.81. The average Bonchev–Trinajstić information content (AvgIpc) is 3.61. The lowest BCUT2D eigenvalue weighted by atomic mass is 9.95. The van der Waals surface area contributed by atoms with Gasteiger partial charge in [0.25, 0.3) is 0 Å². The monoisotopic (exact) mass is 865 g/mol. The maximum Gasteiger partial charge on any atom is 0.408 e. The molecule has 16 heteroatoms. The molecule has 0 aromatic heterocycles. The van der Waals surface area contributed by atoms with Crippen molar-refractivity contribution in [2.75, 3.05) is 33.9 Å². The Morgan fingerprint density at radius 3 is 2.19 bits per heavy atom. The van der Waals surface area contributed by atoms with Crippen molar-refractivity contribution in [1.29, 1.82) is 0 Å². The molecule has 62 heavy (non-hydrogen) atoms. The van der Waals surface area contributed by atoms with Crippen molar-refractivity contribution in [3.63, 3.8) is 0 Å².